The third-order valence-electron chi connectivity index (χ3n) is 2.91. The molecule has 21 heavy (non-hydrogen) atoms. The van der Waals surface area contributed by atoms with Gasteiger partial charge in [0.1, 0.15) is 0 Å². The minimum atomic E-state index is -0.253. The minimum absolute atomic E-state index is 0.0258. The number of tetrazole rings is 1. The molecule has 1 aromatic heterocycles. The van der Waals surface area contributed by atoms with Gasteiger partial charge >= 0.3 is 0 Å². The lowest BCUT2D eigenvalue weighted by molar-refractivity contribution is -0.120. The van der Waals surface area contributed by atoms with E-state index in [9.17, 15) is 4.79 Å². The van der Waals surface area contributed by atoms with Crippen molar-refractivity contribution < 1.29 is 4.79 Å². The van der Waals surface area contributed by atoms with Gasteiger partial charge in [0.2, 0.25) is 11.1 Å². The number of carbonyl (C=O) groups is 1. The number of amides is 1. The van der Waals surface area contributed by atoms with Crippen molar-refractivity contribution in [2.45, 2.75) is 43.8 Å². The summed E-state index contributed by atoms with van der Waals surface area (Å²) >= 11 is 1.36. The van der Waals surface area contributed by atoms with Crippen molar-refractivity contribution in [1.29, 1.82) is 0 Å². The van der Waals surface area contributed by atoms with Crippen LogP contribution in [0, 0.1) is 0 Å². The number of thioether (sulfide) groups is 1. The Hall–Kier alpha value is -1.89. The molecule has 0 bridgehead atoms. The van der Waals surface area contributed by atoms with E-state index in [1.807, 2.05) is 51.1 Å². The fourth-order valence-corrected chi connectivity index (χ4v) is 2.67. The number of hydrogen-bond donors (Lipinski definition) is 1. The summed E-state index contributed by atoms with van der Waals surface area (Å²) in [6.45, 7) is 6.38. The third-order valence-corrected chi connectivity index (χ3v) is 3.96. The van der Waals surface area contributed by atoms with Crippen LogP contribution in [0.15, 0.2) is 35.5 Å². The zero-order chi connectivity index (χ0) is 15.2. The lowest BCUT2D eigenvalue weighted by atomic mass is 10.2. The number of hydrogen-bond acceptors (Lipinski definition) is 5. The second kappa shape index (κ2) is 7.21. The summed E-state index contributed by atoms with van der Waals surface area (Å²) in [5, 5.41) is 14.9. The van der Waals surface area contributed by atoms with Gasteiger partial charge in [0, 0.05) is 6.54 Å². The normalized spacial score (nSPS) is 12.4. The van der Waals surface area contributed by atoms with Gasteiger partial charge in [0.15, 0.2) is 0 Å². The molecule has 1 N–H and O–H groups in total. The Labute approximate surface area is 128 Å². The highest BCUT2D eigenvalue weighted by Crippen LogP contribution is 2.22. The molecule has 2 rings (SSSR count). The molecule has 2 aromatic rings. The van der Waals surface area contributed by atoms with E-state index < -0.39 is 0 Å². The largest absolute Gasteiger partial charge is 0.351 e. The minimum Gasteiger partial charge on any atom is -0.351 e. The fraction of sp³-hybridized carbons (Fsp3) is 0.429. The van der Waals surface area contributed by atoms with Gasteiger partial charge in [-0.25, -0.2) is 4.68 Å². The molecule has 112 valence electrons. The van der Waals surface area contributed by atoms with Crippen molar-refractivity contribution in [3.05, 3.63) is 35.9 Å². The Balaban J connectivity index is 1.89. The number of nitrogens with zero attached hydrogens (tertiary/aromatic N) is 4. The molecule has 0 saturated heterocycles. The van der Waals surface area contributed by atoms with Crippen molar-refractivity contribution in [2.75, 3.05) is 0 Å². The van der Waals surface area contributed by atoms with E-state index in [1.54, 1.807) is 4.68 Å². The van der Waals surface area contributed by atoms with Crippen LogP contribution in [0.25, 0.3) is 0 Å². The molecule has 1 atom stereocenters. The second-order valence-corrected chi connectivity index (χ2v) is 6.27. The monoisotopic (exact) mass is 305 g/mol. The molecule has 1 heterocycles. The van der Waals surface area contributed by atoms with E-state index in [2.05, 4.69) is 20.8 Å². The average molecular weight is 305 g/mol. The smallest absolute Gasteiger partial charge is 0.233 e. The number of benzene rings is 1. The Morgan fingerprint density at radius 1 is 1.29 bits per heavy atom. The molecule has 7 heteroatoms. The van der Waals surface area contributed by atoms with Crippen LogP contribution in [0.4, 0.5) is 0 Å². The summed E-state index contributed by atoms with van der Waals surface area (Å²) in [6.07, 6.45) is 0. The molecule has 0 fully saturated rings. The van der Waals surface area contributed by atoms with E-state index in [0.29, 0.717) is 11.7 Å². The van der Waals surface area contributed by atoms with Gasteiger partial charge in [-0.1, -0.05) is 42.1 Å². The highest BCUT2D eigenvalue weighted by Gasteiger charge is 2.19. The van der Waals surface area contributed by atoms with Gasteiger partial charge in [-0.05, 0) is 36.8 Å². The maximum absolute atomic E-state index is 12.1. The van der Waals surface area contributed by atoms with Crippen molar-refractivity contribution >= 4 is 17.7 Å². The van der Waals surface area contributed by atoms with Gasteiger partial charge in [-0.2, -0.15) is 0 Å². The Morgan fingerprint density at radius 2 is 2.00 bits per heavy atom. The van der Waals surface area contributed by atoms with E-state index in [4.69, 9.17) is 0 Å². The maximum Gasteiger partial charge on any atom is 0.233 e. The maximum atomic E-state index is 12.1. The van der Waals surface area contributed by atoms with E-state index in [-0.39, 0.29) is 17.2 Å². The molecule has 0 aliphatic heterocycles. The summed E-state index contributed by atoms with van der Waals surface area (Å²) in [5.41, 5.74) is 1.08. The SMILES string of the molecule is CC(C)n1nnnc1S[C@H](C)C(=O)NCc1ccccc1. The first-order valence-corrected chi connectivity index (χ1v) is 7.72. The predicted octanol–water partition coefficient (Wildman–Crippen LogP) is 2.05. The lowest BCUT2D eigenvalue weighted by Crippen LogP contribution is -2.30. The predicted molar refractivity (Wildman–Crippen MR) is 81.8 cm³/mol. The summed E-state index contributed by atoms with van der Waals surface area (Å²) in [5.74, 6) is -0.0258. The van der Waals surface area contributed by atoms with Crippen LogP contribution in [0.5, 0.6) is 0 Å². The molecule has 6 nitrogen and oxygen atoms in total. The number of aromatic nitrogens is 4. The van der Waals surface area contributed by atoms with Crippen molar-refractivity contribution in [2.24, 2.45) is 0 Å². The van der Waals surface area contributed by atoms with E-state index in [0.717, 1.165) is 5.56 Å². The highest BCUT2D eigenvalue weighted by molar-refractivity contribution is 8.00. The van der Waals surface area contributed by atoms with Crippen LogP contribution in [0.3, 0.4) is 0 Å². The lowest BCUT2D eigenvalue weighted by Gasteiger charge is -2.12. The van der Waals surface area contributed by atoms with Crippen LogP contribution in [0.1, 0.15) is 32.4 Å². The first-order chi connectivity index (χ1) is 10.1. The molecular weight excluding hydrogens is 286 g/mol. The third kappa shape index (κ3) is 4.29. The quantitative estimate of drug-likeness (QED) is 0.827. The molecule has 0 aliphatic rings. The van der Waals surface area contributed by atoms with Crippen LogP contribution in [-0.2, 0) is 11.3 Å². The van der Waals surface area contributed by atoms with Gasteiger partial charge < -0.3 is 5.32 Å². The van der Waals surface area contributed by atoms with Gasteiger partial charge in [0.25, 0.3) is 0 Å². The van der Waals surface area contributed by atoms with Gasteiger partial charge in [-0.3, -0.25) is 4.79 Å². The molecule has 0 spiro atoms. The number of carbonyl (C=O) groups excluding carboxylic acids is 1. The molecule has 0 radical (unpaired) electrons. The molecular formula is C14H19N5OS. The highest BCUT2D eigenvalue weighted by atomic mass is 32.2. The summed E-state index contributed by atoms with van der Waals surface area (Å²) in [6, 6.07) is 10.00. The zero-order valence-electron chi connectivity index (χ0n) is 12.4. The average Bonchev–Trinajstić information content (AvgIpc) is 2.94. The molecule has 0 saturated carbocycles. The molecule has 1 aromatic carbocycles. The summed E-state index contributed by atoms with van der Waals surface area (Å²) in [4.78, 5) is 12.1. The van der Waals surface area contributed by atoms with Crippen LogP contribution in [0.2, 0.25) is 0 Å². The van der Waals surface area contributed by atoms with Crippen molar-refractivity contribution in [3.8, 4) is 0 Å². The number of nitrogens with one attached hydrogen (secondary N) is 1. The topological polar surface area (TPSA) is 72.7 Å². The Morgan fingerprint density at radius 3 is 2.67 bits per heavy atom. The first-order valence-electron chi connectivity index (χ1n) is 6.84. The Bertz CT molecular complexity index is 584. The standard InChI is InChI=1S/C14H19N5OS/c1-10(2)19-14(16-17-18-19)21-11(3)13(20)15-9-12-7-5-4-6-8-12/h4-8,10-11H,9H2,1-3H3,(H,15,20)/t11-/m1/s1. The Kier molecular flexibility index (Phi) is 5.32. The van der Waals surface area contributed by atoms with Crippen molar-refractivity contribution in [1.82, 2.24) is 25.5 Å². The zero-order valence-corrected chi connectivity index (χ0v) is 13.2. The molecule has 0 aliphatic carbocycles. The summed E-state index contributed by atoms with van der Waals surface area (Å²) < 4.78 is 1.71. The molecule has 1 amide bonds. The van der Waals surface area contributed by atoms with Crippen LogP contribution < -0.4 is 5.32 Å². The first kappa shape index (κ1) is 15.5. The van der Waals surface area contributed by atoms with Crippen LogP contribution >= 0.6 is 11.8 Å². The van der Waals surface area contributed by atoms with Crippen molar-refractivity contribution in [3.63, 3.8) is 0 Å². The van der Waals surface area contributed by atoms with E-state index in [1.165, 1.54) is 11.8 Å². The fourth-order valence-electron chi connectivity index (χ4n) is 1.73. The van der Waals surface area contributed by atoms with Gasteiger partial charge in [-0.15, -0.1) is 5.10 Å². The molecule has 0 unspecified atom stereocenters. The van der Waals surface area contributed by atoms with E-state index >= 15 is 0 Å². The van der Waals surface area contributed by atoms with Gasteiger partial charge in [0.05, 0.1) is 11.3 Å². The summed E-state index contributed by atoms with van der Waals surface area (Å²) in [7, 11) is 0. The van der Waals surface area contributed by atoms with Crippen LogP contribution in [-0.4, -0.2) is 31.4 Å². The number of rotatable bonds is 6. The second-order valence-electron chi connectivity index (χ2n) is 4.96.